The molecule has 0 unspecified atom stereocenters. The standard InChI is InChI=1S/C30H23N/c1-30(2)27-18-23(22-12-10-21(11-13-22)20-7-4-3-5-8-20)14-15-25(27)26-17-24-9-6-16-31-29(24)19-28(26)30/h3-19H,1-2H3. The number of fused-ring (bicyclic) bond motifs is 4. The van der Waals surface area contributed by atoms with E-state index in [1.807, 2.05) is 12.3 Å². The lowest BCUT2D eigenvalue weighted by atomic mass is 9.81. The van der Waals surface area contributed by atoms with Crippen molar-refractivity contribution in [2.45, 2.75) is 19.3 Å². The molecule has 5 aromatic rings. The third-order valence-corrected chi connectivity index (χ3v) is 6.72. The Morgan fingerprint density at radius 2 is 1.19 bits per heavy atom. The van der Waals surface area contributed by atoms with Gasteiger partial charge in [0.05, 0.1) is 5.52 Å². The summed E-state index contributed by atoms with van der Waals surface area (Å²) < 4.78 is 0. The van der Waals surface area contributed by atoms with Crippen LogP contribution in [0.25, 0.3) is 44.3 Å². The summed E-state index contributed by atoms with van der Waals surface area (Å²) in [6.45, 7) is 4.66. The van der Waals surface area contributed by atoms with Gasteiger partial charge >= 0.3 is 0 Å². The highest BCUT2D eigenvalue weighted by molar-refractivity contribution is 5.92. The molecule has 6 rings (SSSR count). The fourth-order valence-corrected chi connectivity index (χ4v) is 4.97. The normalized spacial score (nSPS) is 13.7. The fourth-order valence-electron chi connectivity index (χ4n) is 4.97. The second-order valence-electron chi connectivity index (χ2n) is 8.92. The van der Waals surface area contributed by atoms with Crippen LogP contribution in [-0.4, -0.2) is 4.98 Å². The number of hydrogen-bond donors (Lipinski definition) is 0. The lowest BCUT2D eigenvalue weighted by Crippen LogP contribution is -2.15. The topological polar surface area (TPSA) is 12.9 Å². The van der Waals surface area contributed by atoms with Gasteiger partial charge in [-0.05, 0) is 68.8 Å². The summed E-state index contributed by atoms with van der Waals surface area (Å²) in [4.78, 5) is 4.59. The molecule has 31 heavy (non-hydrogen) atoms. The molecule has 1 nitrogen and oxygen atoms in total. The quantitative estimate of drug-likeness (QED) is 0.295. The van der Waals surface area contributed by atoms with E-state index in [1.54, 1.807) is 0 Å². The zero-order chi connectivity index (χ0) is 21.0. The van der Waals surface area contributed by atoms with E-state index in [1.165, 1.54) is 49.9 Å². The summed E-state index contributed by atoms with van der Waals surface area (Å²) in [5.74, 6) is 0. The maximum atomic E-state index is 4.59. The Hall–Kier alpha value is -3.71. The Kier molecular flexibility index (Phi) is 3.88. The van der Waals surface area contributed by atoms with Gasteiger partial charge in [-0.1, -0.05) is 86.6 Å². The Labute approximate surface area is 183 Å². The molecule has 1 heterocycles. The summed E-state index contributed by atoms with van der Waals surface area (Å²) in [5.41, 5.74) is 11.5. The summed E-state index contributed by atoms with van der Waals surface area (Å²) in [6.07, 6.45) is 1.88. The van der Waals surface area contributed by atoms with Crippen LogP contribution in [-0.2, 0) is 5.41 Å². The summed E-state index contributed by atoms with van der Waals surface area (Å²) >= 11 is 0. The molecule has 148 valence electrons. The molecule has 0 N–H and O–H groups in total. The van der Waals surface area contributed by atoms with Gasteiger partial charge < -0.3 is 0 Å². The van der Waals surface area contributed by atoms with Gasteiger partial charge in [0.25, 0.3) is 0 Å². The lowest BCUT2D eigenvalue weighted by molar-refractivity contribution is 0.661. The molecule has 0 bridgehead atoms. The highest BCUT2D eigenvalue weighted by atomic mass is 14.6. The molecular weight excluding hydrogens is 374 g/mol. The van der Waals surface area contributed by atoms with E-state index in [0.717, 1.165) is 5.52 Å². The van der Waals surface area contributed by atoms with Crippen LogP contribution in [0.1, 0.15) is 25.0 Å². The number of pyridine rings is 1. The van der Waals surface area contributed by atoms with Crippen molar-refractivity contribution in [2.75, 3.05) is 0 Å². The van der Waals surface area contributed by atoms with Gasteiger partial charge in [-0.3, -0.25) is 4.98 Å². The van der Waals surface area contributed by atoms with Crippen LogP contribution >= 0.6 is 0 Å². The van der Waals surface area contributed by atoms with E-state index in [4.69, 9.17) is 0 Å². The van der Waals surface area contributed by atoms with E-state index in [2.05, 4.69) is 110 Å². The highest BCUT2D eigenvalue weighted by Gasteiger charge is 2.36. The molecule has 0 saturated carbocycles. The maximum Gasteiger partial charge on any atom is 0.0705 e. The summed E-state index contributed by atoms with van der Waals surface area (Å²) in [5, 5.41) is 1.20. The molecule has 1 heteroatoms. The first-order valence-corrected chi connectivity index (χ1v) is 10.8. The zero-order valence-electron chi connectivity index (χ0n) is 17.8. The van der Waals surface area contributed by atoms with Gasteiger partial charge in [0.1, 0.15) is 0 Å². The SMILES string of the molecule is CC1(C)c2cc(-c3ccc(-c4ccccc4)cc3)ccc2-c2cc3cccnc3cc21. The van der Waals surface area contributed by atoms with Crippen LogP contribution in [0.5, 0.6) is 0 Å². The molecule has 4 aromatic carbocycles. The summed E-state index contributed by atoms with van der Waals surface area (Å²) in [7, 11) is 0. The van der Waals surface area contributed by atoms with Crippen molar-refractivity contribution in [1.82, 2.24) is 4.98 Å². The van der Waals surface area contributed by atoms with E-state index in [9.17, 15) is 0 Å². The van der Waals surface area contributed by atoms with Gasteiger partial charge in [-0.2, -0.15) is 0 Å². The lowest BCUT2D eigenvalue weighted by Gasteiger charge is -2.22. The first-order chi connectivity index (χ1) is 15.1. The number of hydrogen-bond acceptors (Lipinski definition) is 1. The Morgan fingerprint density at radius 1 is 0.548 bits per heavy atom. The van der Waals surface area contributed by atoms with Crippen LogP contribution in [0.2, 0.25) is 0 Å². The molecule has 1 aliphatic rings. The van der Waals surface area contributed by atoms with Gasteiger partial charge in [0, 0.05) is 17.0 Å². The average molecular weight is 398 g/mol. The molecule has 1 aromatic heterocycles. The second-order valence-corrected chi connectivity index (χ2v) is 8.92. The van der Waals surface area contributed by atoms with Gasteiger partial charge in [0.2, 0.25) is 0 Å². The van der Waals surface area contributed by atoms with Crippen molar-refractivity contribution >= 4 is 10.9 Å². The minimum atomic E-state index is -0.0453. The van der Waals surface area contributed by atoms with Crippen LogP contribution < -0.4 is 0 Å². The number of benzene rings is 4. The van der Waals surface area contributed by atoms with Crippen molar-refractivity contribution in [3.8, 4) is 33.4 Å². The average Bonchev–Trinajstić information content (AvgIpc) is 3.04. The predicted octanol–water partition coefficient (Wildman–Crippen LogP) is 7.88. The van der Waals surface area contributed by atoms with Crippen LogP contribution in [0.3, 0.4) is 0 Å². The third kappa shape index (κ3) is 2.81. The van der Waals surface area contributed by atoms with Crippen LogP contribution in [0, 0.1) is 0 Å². The van der Waals surface area contributed by atoms with Crippen molar-refractivity contribution in [3.05, 3.63) is 114 Å². The van der Waals surface area contributed by atoms with E-state index in [0.29, 0.717) is 0 Å². The monoisotopic (exact) mass is 397 g/mol. The van der Waals surface area contributed by atoms with Crippen LogP contribution in [0.4, 0.5) is 0 Å². The highest BCUT2D eigenvalue weighted by Crippen LogP contribution is 2.50. The Balaban J connectivity index is 1.44. The van der Waals surface area contributed by atoms with Crippen molar-refractivity contribution in [3.63, 3.8) is 0 Å². The molecule has 0 atom stereocenters. The number of aromatic nitrogens is 1. The molecule has 0 fully saturated rings. The molecule has 1 aliphatic carbocycles. The number of rotatable bonds is 2. The van der Waals surface area contributed by atoms with Gasteiger partial charge in [-0.15, -0.1) is 0 Å². The predicted molar refractivity (Wildman–Crippen MR) is 130 cm³/mol. The molecule has 0 saturated heterocycles. The minimum absolute atomic E-state index is 0.0453. The van der Waals surface area contributed by atoms with E-state index >= 15 is 0 Å². The summed E-state index contributed by atoms with van der Waals surface area (Å²) in [6, 6.07) is 35.1. The van der Waals surface area contributed by atoms with E-state index in [-0.39, 0.29) is 5.41 Å². The largest absolute Gasteiger partial charge is 0.256 e. The van der Waals surface area contributed by atoms with Crippen molar-refractivity contribution < 1.29 is 0 Å². The van der Waals surface area contributed by atoms with E-state index < -0.39 is 0 Å². The number of nitrogens with zero attached hydrogens (tertiary/aromatic N) is 1. The first kappa shape index (κ1) is 18.1. The molecule has 0 spiro atoms. The molecular formula is C30H23N. The molecule has 0 aliphatic heterocycles. The first-order valence-electron chi connectivity index (χ1n) is 10.8. The third-order valence-electron chi connectivity index (χ3n) is 6.72. The van der Waals surface area contributed by atoms with Crippen LogP contribution in [0.15, 0.2) is 103 Å². The fraction of sp³-hybridized carbons (Fsp3) is 0.100. The molecule has 0 amide bonds. The molecule has 0 radical (unpaired) electrons. The van der Waals surface area contributed by atoms with Gasteiger partial charge in [-0.25, -0.2) is 0 Å². The second kappa shape index (κ2) is 6.65. The Bertz CT molecular complexity index is 1430. The smallest absolute Gasteiger partial charge is 0.0705 e. The van der Waals surface area contributed by atoms with Gasteiger partial charge in [0.15, 0.2) is 0 Å². The maximum absolute atomic E-state index is 4.59. The zero-order valence-corrected chi connectivity index (χ0v) is 17.8. The minimum Gasteiger partial charge on any atom is -0.256 e. The van der Waals surface area contributed by atoms with Crippen molar-refractivity contribution in [1.29, 1.82) is 0 Å². The Morgan fingerprint density at radius 3 is 1.97 bits per heavy atom. The van der Waals surface area contributed by atoms with Crippen molar-refractivity contribution in [2.24, 2.45) is 0 Å².